The molecular weight excluding hydrogens is 332 g/mol. The molecule has 0 spiro atoms. The number of rotatable bonds is 2. The average molecular weight is 360 g/mol. The first-order chi connectivity index (χ1) is 13.2. The molecule has 2 heteroatoms. The van der Waals surface area contributed by atoms with Gasteiger partial charge in [-0.15, -0.1) is 0 Å². The minimum Gasteiger partial charge on any atom is -0.458 e. The summed E-state index contributed by atoms with van der Waals surface area (Å²) in [5, 5.41) is 0. The van der Waals surface area contributed by atoms with Gasteiger partial charge in [-0.05, 0) is 74.3 Å². The minimum atomic E-state index is -0.159. The summed E-state index contributed by atoms with van der Waals surface area (Å²) in [6.45, 7) is 1.97. The molecule has 2 nitrogen and oxygen atoms in total. The summed E-state index contributed by atoms with van der Waals surface area (Å²) < 4.78 is 5.91. The Hall–Kier alpha value is -2.09. The van der Waals surface area contributed by atoms with Crippen molar-refractivity contribution in [1.82, 2.24) is 0 Å². The number of ether oxygens (including phenoxy) is 1. The molecule has 27 heavy (non-hydrogen) atoms. The van der Waals surface area contributed by atoms with Crippen LogP contribution in [0.5, 0.6) is 0 Å². The molecule has 0 radical (unpaired) electrons. The fourth-order valence-corrected chi connectivity index (χ4v) is 6.00. The first-order valence-electron chi connectivity index (χ1n) is 10.5. The molecule has 0 heterocycles. The van der Waals surface area contributed by atoms with E-state index in [-0.39, 0.29) is 12.1 Å². The van der Waals surface area contributed by atoms with Crippen LogP contribution in [0, 0.1) is 30.6 Å². The lowest BCUT2D eigenvalue weighted by Gasteiger charge is -2.47. The van der Waals surface area contributed by atoms with Crippen molar-refractivity contribution in [1.29, 1.82) is 0 Å². The van der Waals surface area contributed by atoms with Crippen LogP contribution in [-0.2, 0) is 4.74 Å². The van der Waals surface area contributed by atoms with Crippen LogP contribution < -0.4 is 0 Å². The highest BCUT2D eigenvalue weighted by molar-refractivity contribution is 5.91. The minimum absolute atomic E-state index is 0.0415. The second-order valence-corrected chi connectivity index (χ2v) is 8.75. The molecule has 5 unspecified atom stereocenters. The number of fused-ring (bicyclic) bond motifs is 5. The Bertz CT molecular complexity index is 844. The molecule has 4 aliphatic rings. The molecule has 4 aliphatic carbocycles. The van der Waals surface area contributed by atoms with Crippen molar-refractivity contribution in [3.8, 4) is 0 Å². The van der Waals surface area contributed by atoms with E-state index in [0.29, 0.717) is 17.4 Å². The van der Waals surface area contributed by atoms with E-state index in [2.05, 4.69) is 24.3 Å². The molecular formula is C25H28O2. The molecule has 5 atom stereocenters. The van der Waals surface area contributed by atoms with E-state index in [0.717, 1.165) is 30.2 Å². The number of carbonyl (C=O) groups excluding carboxylic acids is 1. The molecule has 0 amide bonds. The summed E-state index contributed by atoms with van der Waals surface area (Å²) in [4.78, 5) is 12.6. The van der Waals surface area contributed by atoms with Crippen LogP contribution in [0.2, 0.25) is 0 Å². The zero-order valence-electron chi connectivity index (χ0n) is 16.1. The molecule has 0 N–H and O–H groups in total. The number of aryl methyl sites for hydroxylation is 1. The topological polar surface area (TPSA) is 26.3 Å². The van der Waals surface area contributed by atoms with Crippen LogP contribution in [0.3, 0.4) is 0 Å². The second-order valence-electron chi connectivity index (χ2n) is 8.75. The monoisotopic (exact) mass is 360 g/mol. The van der Waals surface area contributed by atoms with Gasteiger partial charge >= 0.3 is 5.97 Å². The predicted molar refractivity (Wildman–Crippen MR) is 107 cm³/mol. The van der Waals surface area contributed by atoms with Crippen molar-refractivity contribution in [3.05, 3.63) is 70.8 Å². The largest absolute Gasteiger partial charge is 0.458 e. The molecule has 5 rings (SSSR count). The zero-order chi connectivity index (χ0) is 18.4. The van der Waals surface area contributed by atoms with Crippen LogP contribution in [0.1, 0.15) is 54.4 Å². The maximum Gasteiger partial charge on any atom is 0.338 e. The Morgan fingerprint density at radius 2 is 1.96 bits per heavy atom. The first-order valence-corrected chi connectivity index (χ1v) is 10.5. The van der Waals surface area contributed by atoms with Crippen LogP contribution in [-0.4, -0.2) is 12.1 Å². The van der Waals surface area contributed by atoms with Gasteiger partial charge in [0.2, 0.25) is 0 Å². The van der Waals surface area contributed by atoms with Crippen molar-refractivity contribution in [3.63, 3.8) is 0 Å². The smallest absolute Gasteiger partial charge is 0.338 e. The molecule has 1 aromatic rings. The molecule has 2 fully saturated rings. The molecule has 0 aromatic heterocycles. The number of esters is 1. The van der Waals surface area contributed by atoms with Gasteiger partial charge in [-0.25, -0.2) is 4.79 Å². The molecule has 140 valence electrons. The lowest BCUT2D eigenvalue weighted by Crippen LogP contribution is -2.38. The van der Waals surface area contributed by atoms with Gasteiger partial charge in [-0.1, -0.05) is 53.6 Å². The van der Waals surface area contributed by atoms with Crippen molar-refractivity contribution in [2.75, 3.05) is 0 Å². The average Bonchev–Trinajstić information content (AvgIpc) is 3.17. The Labute approximate surface area is 162 Å². The summed E-state index contributed by atoms with van der Waals surface area (Å²) in [7, 11) is 0. The van der Waals surface area contributed by atoms with Gasteiger partial charge in [0.25, 0.3) is 0 Å². The van der Waals surface area contributed by atoms with Crippen molar-refractivity contribution < 1.29 is 9.53 Å². The number of carbonyl (C=O) groups is 1. The fourth-order valence-electron chi connectivity index (χ4n) is 6.00. The van der Waals surface area contributed by atoms with Gasteiger partial charge in [-0.2, -0.15) is 0 Å². The lowest BCUT2D eigenvalue weighted by atomic mass is 9.59. The van der Waals surface area contributed by atoms with Gasteiger partial charge < -0.3 is 4.74 Å². The molecule has 0 saturated heterocycles. The van der Waals surface area contributed by atoms with Crippen molar-refractivity contribution in [2.24, 2.45) is 23.7 Å². The number of benzene rings is 1. The zero-order valence-corrected chi connectivity index (χ0v) is 16.1. The van der Waals surface area contributed by atoms with E-state index in [1.807, 2.05) is 31.2 Å². The highest BCUT2D eigenvalue weighted by Gasteiger charge is 2.43. The van der Waals surface area contributed by atoms with Gasteiger partial charge in [0.05, 0.1) is 5.56 Å². The first kappa shape index (κ1) is 17.0. The standard InChI is InChI=1S/C25H28O2/c1-16-5-2-3-7-20(16)25(26)27-19-11-14-22-18(15-19)10-13-23-21-8-4-6-17(21)9-12-24(22)23/h2-8,10,17,19,22-24H,9,11-15H2,1H3. The maximum atomic E-state index is 12.6. The van der Waals surface area contributed by atoms with E-state index in [9.17, 15) is 4.79 Å². The third-order valence-electron chi connectivity index (χ3n) is 7.34. The molecule has 2 saturated carbocycles. The third kappa shape index (κ3) is 2.99. The van der Waals surface area contributed by atoms with E-state index in [4.69, 9.17) is 4.74 Å². The van der Waals surface area contributed by atoms with E-state index >= 15 is 0 Å². The van der Waals surface area contributed by atoms with E-state index < -0.39 is 0 Å². The lowest BCUT2D eigenvalue weighted by molar-refractivity contribution is 0.0183. The summed E-state index contributed by atoms with van der Waals surface area (Å²) in [5.41, 5.74) is 4.95. The number of allylic oxidation sites excluding steroid dienone is 5. The van der Waals surface area contributed by atoms with Gasteiger partial charge in [0, 0.05) is 6.42 Å². The predicted octanol–water partition coefficient (Wildman–Crippen LogP) is 5.79. The quantitative estimate of drug-likeness (QED) is 0.493. The summed E-state index contributed by atoms with van der Waals surface area (Å²) in [6, 6.07) is 7.72. The number of hydrogen-bond donors (Lipinski definition) is 0. The maximum absolute atomic E-state index is 12.6. The Morgan fingerprint density at radius 1 is 1.07 bits per heavy atom. The van der Waals surface area contributed by atoms with Crippen LogP contribution in [0.4, 0.5) is 0 Å². The third-order valence-corrected chi connectivity index (χ3v) is 7.34. The fraction of sp³-hybridized carbons (Fsp3) is 0.480. The SMILES string of the molecule is Cc1ccccc1C(=O)OC1CCC2C(=CCC3C4=CC=CC4CCC23)C1. The Kier molecular flexibility index (Phi) is 4.30. The summed E-state index contributed by atoms with van der Waals surface area (Å²) in [5.74, 6) is 2.82. The molecule has 1 aromatic carbocycles. The van der Waals surface area contributed by atoms with Crippen LogP contribution >= 0.6 is 0 Å². The Morgan fingerprint density at radius 3 is 2.85 bits per heavy atom. The van der Waals surface area contributed by atoms with E-state index in [1.54, 1.807) is 11.1 Å². The summed E-state index contributed by atoms with van der Waals surface area (Å²) in [6.07, 6.45) is 16.5. The van der Waals surface area contributed by atoms with Gasteiger partial charge in [0.1, 0.15) is 6.10 Å². The second kappa shape index (κ2) is 6.82. The Balaban J connectivity index is 1.28. The molecule has 0 aliphatic heterocycles. The van der Waals surface area contributed by atoms with Gasteiger partial charge in [-0.3, -0.25) is 0 Å². The van der Waals surface area contributed by atoms with E-state index in [1.165, 1.54) is 25.7 Å². The number of hydrogen-bond acceptors (Lipinski definition) is 2. The normalized spacial score (nSPS) is 34.0. The highest BCUT2D eigenvalue weighted by Crippen LogP contribution is 2.53. The van der Waals surface area contributed by atoms with Gasteiger partial charge in [0.15, 0.2) is 0 Å². The van der Waals surface area contributed by atoms with Crippen molar-refractivity contribution >= 4 is 5.97 Å². The highest BCUT2D eigenvalue weighted by atomic mass is 16.5. The summed E-state index contributed by atoms with van der Waals surface area (Å²) >= 11 is 0. The molecule has 0 bridgehead atoms. The van der Waals surface area contributed by atoms with Crippen LogP contribution in [0.25, 0.3) is 0 Å². The van der Waals surface area contributed by atoms with Crippen LogP contribution in [0.15, 0.2) is 59.7 Å². The van der Waals surface area contributed by atoms with Crippen molar-refractivity contribution in [2.45, 2.75) is 51.6 Å².